The molecule has 1 unspecified atom stereocenters. The molecule has 0 saturated carbocycles. The average Bonchev–Trinajstić information content (AvgIpc) is 2.82. The molecule has 3 rings (SSSR count). The number of nitrogens with one attached hydrogen (secondary N) is 1. The van der Waals surface area contributed by atoms with Crippen molar-refractivity contribution in [1.82, 2.24) is 5.32 Å². The van der Waals surface area contributed by atoms with Crippen LogP contribution in [0.15, 0.2) is 18.2 Å². The van der Waals surface area contributed by atoms with Crippen LogP contribution in [0.1, 0.15) is 18.4 Å². The Bertz CT molecular complexity index is 469. The van der Waals surface area contributed by atoms with Gasteiger partial charge in [-0.25, -0.2) is 0 Å². The highest BCUT2D eigenvalue weighted by Gasteiger charge is 2.30. The largest absolute Gasteiger partial charge is 0.316 e. The van der Waals surface area contributed by atoms with Crippen LogP contribution in [0.4, 0.5) is 5.69 Å². The maximum Gasteiger partial charge on any atom is 0.231 e. The molecular formula is C14H17ClN2O. The third-order valence-corrected chi connectivity index (χ3v) is 4.09. The number of piperidine rings is 1. The SMILES string of the molecule is O=C(C1CCCNC1)N1CCc2ccc(Cl)cc21. The third-order valence-electron chi connectivity index (χ3n) is 3.86. The van der Waals surface area contributed by atoms with Gasteiger partial charge in [0.2, 0.25) is 5.91 Å². The summed E-state index contributed by atoms with van der Waals surface area (Å²) < 4.78 is 0. The first kappa shape index (κ1) is 12.0. The van der Waals surface area contributed by atoms with E-state index in [0.717, 1.165) is 44.6 Å². The molecule has 0 bridgehead atoms. The molecule has 1 fully saturated rings. The van der Waals surface area contributed by atoms with Crippen molar-refractivity contribution < 1.29 is 4.79 Å². The molecule has 18 heavy (non-hydrogen) atoms. The summed E-state index contributed by atoms with van der Waals surface area (Å²) in [6.07, 6.45) is 3.03. The summed E-state index contributed by atoms with van der Waals surface area (Å²) in [5, 5.41) is 4.00. The molecule has 1 N–H and O–H groups in total. The highest BCUT2D eigenvalue weighted by Crippen LogP contribution is 2.32. The lowest BCUT2D eigenvalue weighted by molar-refractivity contribution is -0.122. The van der Waals surface area contributed by atoms with Crippen molar-refractivity contribution in [2.24, 2.45) is 5.92 Å². The highest BCUT2D eigenvalue weighted by molar-refractivity contribution is 6.31. The second kappa shape index (κ2) is 4.90. The number of hydrogen-bond acceptors (Lipinski definition) is 2. The van der Waals surface area contributed by atoms with Crippen molar-refractivity contribution in [3.63, 3.8) is 0 Å². The molecule has 96 valence electrons. The van der Waals surface area contributed by atoms with E-state index in [1.807, 2.05) is 23.1 Å². The Morgan fingerprint density at radius 1 is 1.44 bits per heavy atom. The first-order valence-electron chi connectivity index (χ1n) is 6.56. The van der Waals surface area contributed by atoms with E-state index >= 15 is 0 Å². The zero-order chi connectivity index (χ0) is 12.5. The summed E-state index contributed by atoms with van der Waals surface area (Å²) in [4.78, 5) is 14.4. The van der Waals surface area contributed by atoms with Crippen LogP contribution in [-0.2, 0) is 11.2 Å². The molecular weight excluding hydrogens is 248 g/mol. The Kier molecular flexibility index (Phi) is 3.27. The predicted octanol–water partition coefficient (Wildman–Crippen LogP) is 2.23. The zero-order valence-electron chi connectivity index (χ0n) is 10.3. The van der Waals surface area contributed by atoms with Gasteiger partial charge in [-0.15, -0.1) is 0 Å². The first-order chi connectivity index (χ1) is 8.75. The van der Waals surface area contributed by atoms with E-state index in [4.69, 9.17) is 11.6 Å². The number of benzene rings is 1. The van der Waals surface area contributed by atoms with Crippen molar-refractivity contribution in [3.05, 3.63) is 28.8 Å². The van der Waals surface area contributed by atoms with Gasteiger partial charge in [-0.2, -0.15) is 0 Å². The average molecular weight is 265 g/mol. The summed E-state index contributed by atoms with van der Waals surface area (Å²) in [5.74, 6) is 0.381. The van der Waals surface area contributed by atoms with Crippen molar-refractivity contribution in [3.8, 4) is 0 Å². The van der Waals surface area contributed by atoms with Crippen LogP contribution in [-0.4, -0.2) is 25.5 Å². The number of carbonyl (C=O) groups is 1. The Morgan fingerprint density at radius 3 is 3.11 bits per heavy atom. The molecule has 1 aromatic rings. The number of nitrogens with zero attached hydrogens (tertiary/aromatic N) is 1. The number of amides is 1. The molecule has 0 aromatic heterocycles. The zero-order valence-corrected chi connectivity index (χ0v) is 11.0. The number of fused-ring (bicyclic) bond motifs is 1. The molecule has 4 heteroatoms. The number of hydrogen-bond donors (Lipinski definition) is 1. The lowest BCUT2D eigenvalue weighted by atomic mass is 9.98. The second-order valence-electron chi connectivity index (χ2n) is 5.06. The van der Waals surface area contributed by atoms with E-state index in [9.17, 15) is 4.79 Å². The number of carbonyl (C=O) groups excluding carboxylic acids is 1. The lowest BCUT2D eigenvalue weighted by Gasteiger charge is -2.27. The number of halogens is 1. The fourth-order valence-electron chi connectivity index (χ4n) is 2.86. The topological polar surface area (TPSA) is 32.3 Å². The molecule has 0 spiro atoms. The Labute approximate surface area is 112 Å². The van der Waals surface area contributed by atoms with E-state index < -0.39 is 0 Å². The van der Waals surface area contributed by atoms with Crippen LogP contribution in [0, 0.1) is 5.92 Å². The van der Waals surface area contributed by atoms with Gasteiger partial charge < -0.3 is 10.2 Å². The van der Waals surface area contributed by atoms with E-state index in [2.05, 4.69) is 5.32 Å². The summed E-state index contributed by atoms with van der Waals surface area (Å²) in [5.41, 5.74) is 2.24. The molecule has 2 aliphatic rings. The molecule has 3 nitrogen and oxygen atoms in total. The van der Waals surface area contributed by atoms with Gasteiger partial charge in [0, 0.05) is 23.8 Å². The van der Waals surface area contributed by atoms with Gasteiger partial charge in [0.1, 0.15) is 0 Å². The monoisotopic (exact) mass is 264 g/mol. The van der Waals surface area contributed by atoms with Crippen molar-refractivity contribution in [1.29, 1.82) is 0 Å². The minimum Gasteiger partial charge on any atom is -0.316 e. The quantitative estimate of drug-likeness (QED) is 0.844. The Hall–Kier alpha value is -1.06. The smallest absolute Gasteiger partial charge is 0.231 e. The Morgan fingerprint density at radius 2 is 2.33 bits per heavy atom. The molecule has 0 radical (unpaired) electrons. The molecule has 1 saturated heterocycles. The normalized spacial score (nSPS) is 22.9. The predicted molar refractivity (Wildman–Crippen MR) is 73.1 cm³/mol. The van der Waals surface area contributed by atoms with Gasteiger partial charge in [0.15, 0.2) is 0 Å². The fraction of sp³-hybridized carbons (Fsp3) is 0.500. The molecule has 0 aliphatic carbocycles. The lowest BCUT2D eigenvalue weighted by Crippen LogP contribution is -2.42. The van der Waals surface area contributed by atoms with E-state index in [-0.39, 0.29) is 11.8 Å². The second-order valence-corrected chi connectivity index (χ2v) is 5.49. The summed E-state index contributed by atoms with van der Waals surface area (Å²) in [6.45, 7) is 2.64. The first-order valence-corrected chi connectivity index (χ1v) is 6.94. The minimum absolute atomic E-state index is 0.128. The van der Waals surface area contributed by atoms with Crippen LogP contribution in [0.2, 0.25) is 5.02 Å². The van der Waals surface area contributed by atoms with Crippen molar-refractivity contribution in [2.75, 3.05) is 24.5 Å². The maximum atomic E-state index is 12.5. The number of anilines is 1. The third kappa shape index (κ3) is 2.13. The Balaban J connectivity index is 1.82. The van der Waals surface area contributed by atoms with E-state index in [1.54, 1.807) is 0 Å². The summed E-state index contributed by atoms with van der Waals surface area (Å²) >= 11 is 6.03. The van der Waals surface area contributed by atoms with Gasteiger partial charge in [-0.05, 0) is 43.5 Å². The van der Waals surface area contributed by atoms with Gasteiger partial charge >= 0.3 is 0 Å². The molecule has 1 atom stereocenters. The van der Waals surface area contributed by atoms with Crippen LogP contribution >= 0.6 is 11.6 Å². The molecule has 1 aromatic carbocycles. The van der Waals surface area contributed by atoms with Crippen molar-refractivity contribution in [2.45, 2.75) is 19.3 Å². The standard InChI is InChI=1S/C14H17ClN2O/c15-12-4-3-10-5-7-17(13(10)8-12)14(18)11-2-1-6-16-9-11/h3-4,8,11,16H,1-2,5-7,9H2. The van der Waals surface area contributed by atoms with Crippen LogP contribution < -0.4 is 10.2 Å². The summed E-state index contributed by atoms with van der Waals surface area (Å²) in [6, 6.07) is 5.85. The van der Waals surface area contributed by atoms with Crippen LogP contribution in [0.3, 0.4) is 0 Å². The molecule has 2 heterocycles. The molecule has 1 amide bonds. The van der Waals surface area contributed by atoms with E-state index in [0.29, 0.717) is 5.02 Å². The van der Waals surface area contributed by atoms with Crippen LogP contribution in [0.5, 0.6) is 0 Å². The van der Waals surface area contributed by atoms with Gasteiger partial charge in [-0.3, -0.25) is 4.79 Å². The fourth-order valence-corrected chi connectivity index (χ4v) is 3.03. The molecule has 2 aliphatic heterocycles. The van der Waals surface area contributed by atoms with E-state index in [1.165, 1.54) is 5.56 Å². The highest BCUT2D eigenvalue weighted by atomic mass is 35.5. The summed E-state index contributed by atoms with van der Waals surface area (Å²) in [7, 11) is 0. The van der Waals surface area contributed by atoms with Gasteiger partial charge in [0.05, 0.1) is 5.92 Å². The number of rotatable bonds is 1. The minimum atomic E-state index is 0.128. The maximum absolute atomic E-state index is 12.5. The van der Waals surface area contributed by atoms with Crippen molar-refractivity contribution >= 4 is 23.2 Å². The van der Waals surface area contributed by atoms with Gasteiger partial charge in [-0.1, -0.05) is 17.7 Å². The van der Waals surface area contributed by atoms with Gasteiger partial charge in [0.25, 0.3) is 0 Å². The van der Waals surface area contributed by atoms with Crippen LogP contribution in [0.25, 0.3) is 0 Å².